The lowest BCUT2D eigenvalue weighted by molar-refractivity contribution is 0.294. The maximum absolute atomic E-state index is 12.9. The third-order valence-corrected chi connectivity index (χ3v) is 4.29. The fourth-order valence-electron chi connectivity index (χ4n) is 2.71. The molecule has 1 N–H and O–H groups in total. The summed E-state index contributed by atoms with van der Waals surface area (Å²) in [4.78, 5) is 11.2. The molecule has 0 spiro atoms. The van der Waals surface area contributed by atoms with Gasteiger partial charge in [-0.05, 0) is 69.7 Å². The molecule has 0 aliphatic rings. The number of hydrogen-bond acceptors (Lipinski definition) is 5. The Morgan fingerprint density at radius 3 is 2.58 bits per heavy atom. The van der Waals surface area contributed by atoms with Crippen LogP contribution in [0.4, 0.5) is 10.2 Å². The Morgan fingerprint density at radius 1 is 1.15 bits per heavy atom. The van der Waals surface area contributed by atoms with Crippen molar-refractivity contribution in [3.63, 3.8) is 0 Å². The molecule has 1 aromatic heterocycles. The normalized spacial score (nSPS) is 12.2. The van der Waals surface area contributed by atoms with Crippen molar-refractivity contribution in [3.05, 3.63) is 48.2 Å². The topological polar surface area (TPSA) is 50.3 Å². The van der Waals surface area contributed by atoms with Gasteiger partial charge in [-0.2, -0.15) is 0 Å². The average molecular weight is 360 g/mol. The van der Waals surface area contributed by atoms with E-state index in [-0.39, 0.29) is 12.4 Å². The SMILES string of the molecule is CCN(CC)CCCC(C)Nc1ccnc(COc2ccc(F)cc2)n1. The van der Waals surface area contributed by atoms with Crippen LogP contribution in [0.25, 0.3) is 0 Å². The molecule has 2 aromatic rings. The largest absolute Gasteiger partial charge is 0.486 e. The van der Waals surface area contributed by atoms with Crippen molar-refractivity contribution in [1.82, 2.24) is 14.9 Å². The number of aromatic nitrogens is 2. The summed E-state index contributed by atoms with van der Waals surface area (Å²) in [6, 6.07) is 8.13. The van der Waals surface area contributed by atoms with Crippen molar-refractivity contribution >= 4 is 5.82 Å². The minimum atomic E-state index is -0.283. The summed E-state index contributed by atoms with van der Waals surface area (Å²) in [6.07, 6.45) is 3.96. The van der Waals surface area contributed by atoms with E-state index in [0.717, 1.165) is 38.3 Å². The number of benzene rings is 1. The van der Waals surface area contributed by atoms with Crippen LogP contribution in [0.1, 0.15) is 39.4 Å². The summed E-state index contributed by atoms with van der Waals surface area (Å²) >= 11 is 0. The van der Waals surface area contributed by atoms with Crippen LogP contribution in [0.5, 0.6) is 5.75 Å². The molecule has 0 saturated carbocycles. The van der Waals surface area contributed by atoms with Crippen LogP contribution in [0.15, 0.2) is 36.5 Å². The predicted molar refractivity (Wildman–Crippen MR) is 103 cm³/mol. The number of nitrogens with one attached hydrogen (secondary N) is 1. The number of nitrogens with zero attached hydrogens (tertiary/aromatic N) is 3. The molecule has 0 amide bonds. The monoisotopic (exact) mass is 360 g/mol. The second kappa shape index (κ2) is 10.7. The first kappa shape index (κ1) is 20.1. The molecule has 0 saturated heterocycles. The summed E-state index contributed by atoms with van der Waals surface area (Å²) in [5.74, 6) is 1.70. The van der Waals surface area contributed by atoms with Gasteiger partial charge in [0.25, 0.3) is 0 Å². The summed E-state index contributed by atoms with van der Waals surface area (Å²) in [5, 5.41) is 3.42. The van der Waals surface area contributed by atoms with Gasteiger partial charge < -0.3 is 15.0 Å². The molecule has 1 unspecified atom stereocenters. The Kier molecular flexibility index (Phi) is 8.28. The zero-order chi connectivity index (χ0) is 18.8. The highest BCUT2D eigenvalue weighted by Gasteiger charge is 2.07. The Labute approximate surface area is 155 Å². The number of ether oxygens (including phenoxy) is 1. The van der Waals surface area contributed by atoms with E-state index in [4.69, 9.17) is 4.74 Å². The van der Waals surface area contributed by atoms with Gasteiger partial charge >= 0.3 is 0 Å². The lowest BCUT2D eigenvalue weighted by Crippen LogP contribution is -2.25. The number of halogens is 1. The van der Waals surface area contributed by atoms with Crippen molar-refractivity contribution in [3.8, 4) is 5.75 Å². The van der Waals surface area contributed by atoms with E-state index in [1.54, 1.807) is 18.3 Å². The van der Waals surface area contributed by atoms with E-state index < -0.39 is 0 Å². The first-order chi connectivity index (χ1) is 12.6. The first-order valence-corrected chi connectivity index (χ1v) is 9.29. The van der Waals surface area contributed by atoms with Crippen LogP contribution in [-0.4, -0.2) is 40.5 Å². The van der Waals surface area contributed by atoms with Crippen molar-refractivity contribution in [2.75, 3.05) is 25.0 Å². The van der Waals surface area contributed by atoms with Crippen LogP contribution in [0, 0.1) is 5.82 Å². The molecule has 2 rings (SSSR count). The molecule has 1 atom stereocenters. The molecule has 5 nitrogen and oxygen atoms in total. The zero-order valence-electron chi connectivity index (χ0n) is 15.9. The standard InChI is InChI=1S/C20H29FN4O/c1-4-25(5-2)14-6-7-16(3)23-19-12-13-22-20(24-19)15-26-18-10-8-17(21)9-11-18/h8-13,16H,4-7,14-15H2,1-3H3,(H,22,23,24). The van der Waals surface area contributed by atoms with Gasteiger partial charge in [-0.3, -0.25) is 0 Å². The third kappa shape index (κ3) is 6.96. The average Bonchev–Trinajstić information content (AvgIpc) is 2.65. The smallest absolute Gasteiger partial charge is 0.168 e. The predicted octanol–water partition coefficient (Wildman–Crippen LogP) is 4.12. The molecule has 0 bridgehead atoms. The van der Waals surface area contributed by atoms with Gasteiger partial charge in [0.2, 0.25) is 0 Å². The van der Waals surface area contributed by atoms with Crippen LogP contribution in [0.2, 0.25) is 0 Å². The van der Waals surface area contributed by atoms with E-state index in [9.17, 15) is 4.39 Å². The van der Waals surface area contributed by atoms with Crippen molar-refractivity contribution in [1.29, 1.82) is 0 Å². The first-order valence-electron chi connectivity index (χ1n) is 9.29. The van der Waals surface area contributed by atoms with Gasteiger partial charge in [0.15, 0.2) is 5.82 Å². The number of rotatable bonds is 11. The molecular formula is C20H29FN4O. The Balaban J connectivity index is 1.79. The van der Waals surface area contributed by atoms with Crippen molar-refractivity contribution < 1.29 is 9.13 Å². The minimum absolute atomic E-state index is 0.248. The quantitative estimate of drug-likeness (QED) is 0.653. The maximum Gasteiger partial charge on any atom is 0.168 e. The second-order valence-corrected chi connectivity index (χ2v) is 6.32. The zero-order valence-corrected chi connectivity index (χ0v) is 15.9. The Hall–Kier alpha value is -2.21. The van der Waals surface area contributed by atoms with E-state index >= 15 is 0 Å². The molecule has 142 valence electrons. The van der Waals surface area contributed by atoms with Gasteiger partial charge in [-0.1, -0.05) is 13.8 Å². The highest BCUT2D eigenvalue weighted by atomic mass is 19.1. The number of anilines is 1. The van der Waals surface area contributed by atoms with Gasteiger partial charge in [-0.25, -0.2) is 14.4 Å². The van der Waals surface area contributed by atoms with Crippen molar-refractivity contribution in [2.24, 2.45) is 0 Å². The van der Waals surface area contributed by atoms with Crippen LogP contribution >= 0.6 is 0 Å². The molecule has 1 heterocycles. The highest BCUT2D eigenvalue weighted by molar-refractivity contribution is 5.34. The van der Waals surface area contributed by atoms with E-state index in [1.807, 2.05) is 6.07 Å². The highest BCUT2D eigenvalue weighted by Crippen LogP contribution is 2.13. The molecule has 0 aliphatic carbocycles. The van der Waals surface area contributed by atoms with E-state index in [2.05, 4.69) is 41.0 Å². The van der Waals surface area contributed by atoms with Crippen molar-refractivity contribution in [2.45, 2.75) is 46.3 Å². The molecule has 1 aromatic carbocycles. The van der Waals surface area contributed by atoms with Crippen LogP contribution in [0.3, 0.4) is 0 Å². The summed E-state index contributed by atoms with van der Waals surface area (Å²) < 4.78 is 18.5. The fraction of sp³-hybridized carbons (Fsp3) is 0.500. The Morgan fingerprint density at radius 2 is 1.88 bits per heavy atom. The summed E-state index contributed by atoms with van der Waals surface area (Å²) in [5.41, 5.74) is 0. The van der Waals surface area contributed by atoms with E-state index in [0.29, 0.717) is 17.6 Å². The van der Waals surface area contributed by atoms with Gasteiger partial charge in [0.1, 0.15) is 24.0 Å². The second-order valence-electron chi connectivity index (χ2n) is 6.32. The van der Waals surface area contributed by atoms with Crippen LogP contribution in [-0.2, 0) is 6.61 Å². The minimum Gasteiger partial charge on any atom is -0.486 e. The van der Waals surface area contributed by atoms with Gasteiger partial charge in [0.05, 0.1) is 0 Å². The Bertz CT molecular complexity index is 647. The number of hydrogen-bond donors (Lipinski definition) is 1. The molecule has 0 radical (unpaired) electrons. The molecule has 6 heteroatoms. The maximum atomic E-state index is 12.9. The lowest BCUT2D eigenvalue weighted by Gasteiger charge is -2.20. The summed E-state index contributed by atoms with van der Waals surface area (Å²) in [7, 11) is 0. The molecule has 26 heavy (non-hydrogen) atoms. The summed E-state index contributed by atoms with van der Waals surface area (Å²) in [6.45, 7) is 10.1. The van der Waals surface area contributed by atoms with Crippen LogP contribution < -0.4 is 10.1 Å². The third-order valence-electron chi connectivity index (χ3n) is 4.29. The molecule has 0 aliphatic heterocycles. The fourth-order valence-corrected chi connectivity index (χ4v) is 2.71. The van der Waals surface area contributed by atoms with Gasteiger partial charge in [0, 0.05) is 12.2 Å². The lowest BCUT2D eigenvalue weighted by atomic mass is 10.1. The van der Waals surface area contributed by atoms with E-state index in [1.165, 1.54) is 12.1 Å². The molecule has 0 fully saturated rings. The molecular weight excluding hydrogens is 331 g/mol. The van der Waals surface area contributed by atoms with Gasteiger partial charge in [-0.15, -0.1) is 0 Å².